The van der Waals surface area contributed by atoms with Gasteiger partial charge in [0.2, 0.25) is 18.5 Å². The molecule has 0 aliphatic carbocycles. The summed E-state index contributed by atoms with van der Waals surface area (Å²) < 4.78 is 18.9. The Balaban J connectivity index is 1.48. The summed E-state index contributed by atoms with van der Waals surface area (Å²) in [6.45, 7) is 3.96. The van der Waals surface area contributed by atoms with E-state index in [1.165, 1.54) is 9.13 Å². The van der Waals surface area contributed by atoms with E-state index < -0.39 is 5.69 Å². The van der Waals surface area contributed by atoms with Crippen LogP contribution in [-0.4, -0.2) is 26.1 Å². The SMILES string of the molecule is Cc1ccc(C)c(-n2c(=O)c3ccccc3n(Cc3nc(-c4ccc5c(c4)OCO5)no3)c2=O)c1. The Labute approximate surface area is 198 Å². The molecule has 0 saturated heterocycles. The quantitative estimate of drug-likeness (QED) is 0.397. The maximum Gasteiger partial charge on any atom is 0.336 e. The highest BCUT2D eigenvalue weighted by molar-refractivity contribution is 5.78. The Morgan fingerprint density at radius 2 is 1.77 bits per heavy atom. The number of hydrogen-bond donors (Lipinski definition) is 0. The first-order chi connectivity index (χ1) is 17.0. The summed E-state index contributed by atoms with van der Waals surface area (Å²) in [5.41, 5.74) is 2.65. The first kappa shape index (κ1) is 20.9. The summed E-state index contributed by atoms with van der Waals surface area (Å²) >= 11 is 0. The van der Waals surface area contributed by atoms with Gasteiger partial charge in [-0.3, -0.25) is 9.36 Å². The Morgan fingerprint density at radius 1 is 0.943 bits per heavy atom. The summed E-state index contributed by atoms with van der Waals surface area (Å²) in [6.07, 6.45) is 0. The Bertz CT molecular complexity index is 1730. The zero-order valence-corrected chi connectivity index (χ0v) is 19.0. The molecular weight excluding hydrogens is 448 g/mol. The first-order valence-corrected chi connectivity index (χ1v) is 11.0. The fourth-order valence-corrected chi connectivity index (χ4v) is 4.25. The normalized spacial score (nSPS) is 12.4. The first-order valence-electron chi connectivity index (χ1n) is 11.0. The second-order valence-corrected chi connectivity index (χ2v) is 8.40. The van der Waals surface area contributed by atoms with E-state index in [0.717, 1.165) is 11.1 Å². The minimum Gasteiger partial charge on any atom is -0.454 e. The van der Waals surface area contributed by atoms with Gasteiger partial charge < -0.3 is 14.0 Å². The molecule has 0 fully saturated rings. The van der Waals surface area contributed by atoms with E-state index >= 15 is 0 Å². The molecule has 0 N–H and O–H groups in total. The van der Waals surface area contributed by atoms with E-state index in [1.807, 2.05) is 38.1 Å². The van der Waals surface area contributed by atoms with Gasteiger partial charge in [0.15, 0.2) is 11.5 Å². The van der Waals surface area contributed by atoms with Crippen molar-refractivity contribution in [3.05, 3.63) is 98.5 Å². The van der Waals surface area contributed by atoms with Crippen LogP contribution in [0.25, 0.3) is 28.0 Å². The van der Waals surface area contributed by atoms with Gasteiger partial charge in [-0.15, -0.1) is 0 Å². The summed E-state index contributed by atoms with van der Waals surface area (Å²) in [7, 11) is 0. The van der Waals surface area contributed by atoms with Crippen LogP contribution in [0.5, 0.6) is 11.5 Å². The van der Waals surface area contributed by atoms with E-state index in [0.29, 0.717) is 39.5 Å². The molecule has 2 aromatic heterocycles. The molecule has 6 rings (SSSR count). The van der Waals surface area contributed by atoms with Crippen molar-refractivity contribution in [2.75, 3.05) is 6.79 Å². The number of rotatable bonds is 4. The van der Waals surface area contributed by atoms with Crippen LogP contribution in [0.1, 0.15) is 17.0 Å². The summed E-state index contributed by atoms with van der Waals surface area (Å²) in [5.74, 6) is 1.86. The monoisotopic (exact) mass is 468 g/mol. The van der Waals surface area contributed by atoms with Crippen molar-refractivity contribution in [1.29, 1.82) is 0 Å². The summed E-state index contributed by atoms with van der Waals surface area (Å²) in [4.78, 5) is 31.5. The van der Waals surface area contributed by atoms with Crippen LogP contribution < -0.4 is 20.7 Å². The Morgan fingerprint density at radius 3 is 2.66 bits per heavy atom. The minimum absolute atomic E-state index is 0.00203. The lowest BCUT2D eigenvalue weighted by atomic mass is 10.1. The molecule has 1 aliphatic heterocycles. The molecule has 174 valence electrons. The molecule has 9 nitrogen and oxygen atoms in total. The third kappa shape index (κ3) is 3.48. The van der Waals surface area contributed by atoms with Gasteiger partial charge >= 0.3 is 5.69 Å². The molecule has 3 aromatic carbocycles. The molecule has 0 atom stereocenters. The van der Waals surface area contributed by atoms with Crippen molar-refractivity contribution in [3.63, 3.8) is 0 Å². The Kier molecular flexibility index (Phi) is 4.77. The van der Waals surface area contributed by atoms with Gasteiger partial charge in [0.25, 0.3) is 5.56 Å². The molecule has 3 heterocycles. The summed E-state index contributed by atoms with van der Waals surface area (Å²) in [6, 6.07) is 18.0. The third-order valence-electron chi connectivity index (χ3n) is 6.05. The predicted octanol–water partition coefficient (Wildman–Crippen LogP) is 3.60. The number of aryl methyl sites for hydroxylation is 2. The average Bonchev–Trinajstić information content (AvgIpc) is 3.53. The molecular formula is C26H20N4O5. The van der Waals surface area contributed by atoms with Crippen LogP contribution >= 0.6 is 0 Å². The van der Waals surface area contributed by atoms with E-state index in [2.05, 4.69) is 10.1 Å². The molecule has 0 amide bonds. The molecule has 5 aromatic rings. The maximum absolute atomic E-state index is 13.7. The predicted molar refractivity (Wildman–Crippen MR) is 128 cm³/mol. The number of aromatic nitrogens is 4. The maximum atomic E-state index is 13.7. The summed E-state index contributed by atoms with van der Waals surface area (Å²) in [5, 5.41) is 4.50. The lowest BCUT2D eigenvalue weighted by Gasteiger charge is -2.14. The fourth-order valence-electron chi connectivity index (χ4n) is 4.25. The van der Waals surface area contributed by atoms with E-state index in [1.54, 1.807) is 36.4 Å². The second kappa shape index (κ2) is 7.98. The molecule has 0 spiro atoms. The molecule has 9 heteroatoms. The van der Waals surface area contributed by atoms with Crippen LogP contribution in [0.15, 0.2) is 74.8 Å². The number of nitrogens with zero attached hydrogens (tertiary/aromatic N) is 4. The van der Waals surface area contributed by atoms with Crippen LogP contribution in [0.2, 0.25) is 0 Å². The minimum atomic E-state index is -0.481. The zero-order chi connectivity index (χ0) is 24.1. The van der Waals surface area contributed by atoms with Crippen LogP contribution in [0.3, 0.4) is 0 Å². The van der Waals surface area contributed by atoms with Gasteiger partial charge in [-0.25, -0.2) is 9.36 Å². The highest BCUT2D eigenvalue weighted by Gasteiger charge is 2.20. The molecule has 0 bridgehead atoms. The van der Waals surface area contributed by atoms with Gasteiger partial charge in [0.1, 0.15) is 6.54 Å². The number of hydrogen-bond acceptors (Lipinski definition) is 7. The molecule has 35 heavy (non-hydrogen) atoms. The lowest BCUT2D eigenvalue weighted by molar-refractivity contribution is 0.174. The standard InChI is InChI=1S/C26H20N4O5/c1-15-7-8-16(2)20(11-15)30-25(31)18-5-3-4-6-19(18)29(26(30)32)13-23-27-24(28-35-23)17-9-10-21-22(12-17)34-14-33-21/h3-12H,13-14H2,1-2H3. The highest BCUT2D eigenvalue weighted by Crippen LogP contribution is 2.35. The molecule has 0 unspecified atom stereocenters. The number of ether oxygens (including phenoxy) is 2. The largest absolute Gasteiger partial charge is 0.454 e. The van der Waals surface area contributed by atoms with Crippen molar-refractivity contribution < 1.29 is 14.0 Å². The topological polar surface area (TPSA) is 101 Å². The van der Waals surface area contributed by atoms with Crippen molar-refractivity contribution in [3.8, 4) is 28.6 Å². The van der Waals surface area contributed by atoms with Gasteiger partial charge in [-0.1, -0.05) is 29.4 Å². The average molecular weight is 468 g/mol. The molecule has 1 aliphatic rings. The number of benzene rings is 3. The number of para-hydroxylation sites is 1. The van der Waals surface area contributed by atoms with E-state index in [9.17, 15) is 9.59 Å². The van der Waals surface area contributed by atoms with Gasteiger partial charge in [0, 0.05) is 5.56 Å². The molecule has 0 saturated carbocycles. The van der Waals surface area contributed by atoms with Crippen LogP contribution in [-0.2, 0) is 6.54 Å². The van der Waals surface area contributed by atoms with Crippen molar-refractivity contribution in [1.82, 2.24) is 19.3 Å². The van der Waals surface area contributed by atoms with Crippen molar-refractivity contribution >= 4 is 10.9 Å². The van der Waals surface area contributed by atoms with Gasteiger partial charge in [-0.2, -0.15) is 4.98 Å². The zero-order valence-electron chi connectivity index (χ0n) is 19.0. The van der Waals surface area contributed by atoms with Gasteiger partial charge in [0.05, 0.1) is 16.6 Å². The van der Waals surface area contributed by atoms with E-state index in [4.69, 9.17) is 14.0 Å². The van der Waals surface area contributed by atoms with Crippen LogP contribution in [0.4, 0.5) is 0 Å². The van der Waals surface area contributed by atoms with E-state index in [-0.39, 0.29) is 24.8 Å². The van der Waals surface area contributed by atoms with Crippen LogP contribution in [0, 0.1) is 13.8 Å². The van der Waals surface area contributed by atoms with Crippen molar-refractivity contribution in [2.24, 2.45) is 0 Å². The lowest BCUT2D eigenvalue weighted by Crippen LogP contribution is -2.39. The third-order valence-corrected chi connectivity index (χ3v) is 6.05. The number of fused-ring (bicyclic) bond motifs is 2. The van der Waals surface area contributed by atoms with Crippen molar-refractivity contribution in [2.45, 2.75) is 20.4 Å². The second-order valence-electron chi connectivity index (χ2n) is 8.40. The molecule has 0 radical (unpaired) electrons. The fraction of sp³-hybridized carbons (Fsp3) is 0.154. The Hall–Kier alpha value is -4.66. The highest BCUT2D eigenvalue weighted by atomic mass is 16.7. The smallest absolute Gasteiger partial charge is 0.336 e. The van der Waals surface area contributed by atoms with Gasteiger partial charge in [-0.05, 0) is 61.4 Å².